The molecule has 4 radical (unpaired) electrons. The Balaban J connectivity index is 0.000000688. The van der Waals surface area contributed by atoms with Crippen molar-refractivity contribution in [3.05, 3.63) is 485 Å². The van der Waals surface area contributed by atoms with Crippen LogP contribution in [0, 0.1) is 0 Å². The molecule has 0 aliphatic carbocycles. The summed E-state index contributed by atoms with van der Waals surface area (Å²) < 4.78 is 93.2. The maximum absolute atomic E-state index is 8.82. The second-order valence-corrected chi connectivity index (χ2v) is 37.8. The molecule has 0 atom stereocenters. The molecular formula is C96H92F4O12S8Sb4. The Morgan fingerprint density at radius 3 is 0.194 bits per heavy atom. The van der Waals surface area contributed by atoms with E-state index in [0.29, 0.717) is 0 Å². The molecule has 8 N–H and O–H groups in total. The molecule has 0 aliphatic heterocycles. The van der Waals surface area contributed by atoms with Crippen LogP contribution in [-0.4, -0.2) is 111 Å². The predicted molar refractivity (Wildman–Crippen MR) is 510 cm³/mol. The zero-order valence-corrected chi connectivity index (χ0v) is 82.8. The van der Waals surface area contributed by atoms with Crippen molar-refractivity contribution in [2.75, 3.05) is 0 Å². The molecule has 0 aliphatic rings. The van der Waals surface area contributed by atoms with Crippen molar-refractivity contribution in [2.24, 2.45) is 0 Å². The number of halogens is 4. The number of hydrogen-bond acceptors (Lipinski definition) is 12. The molecule has 0 amide bonds. The molecule has 0 heterocycles. The fraction of sp³-hybridized carbons (Fsp3) is 0. The van der Waals surface area contributed by atoms with Crippen LogP contribution in [-0.2, 0) is 12.1 Å². The van der Waals surface area contributed by atoms with Crippen molar-refractivity contribution >= 4 is 178 Å². The van der Waals surface area contributed by atoms with Crippen molar-refractivity contribution in [3.63, 3.8) is 0 Å². The van der Waals surface area contributed by atoms with Crippen molar-refractivity contribution < 1.29 is 58.0 Å². The minimum atomic E-state index is -3.70. The zero-order valence-electron chi connectivity index (χ0n) is 66.1. The van der Waals surface area contributed by atoms with Crippen molar-refractivity contribution in [1.29, 1.82) is 0 Å². The Hall–Kier alpha value is -7.81. The molecule has 124 heavy (non-hydrogen) atoms. The standard InChI is InChI=1S/8C12H10S.4FH.8H2O.4O.4Sb/c8*1-3-7-11(8-4-1)13-12-9-5-2-6-10-12;;;;;;;;;;;;;;;;;;;;/h8*1-10H;4*1H;8*1H2;;;;;;;;/q;;;;;;;;;;;;;;;;;;;;;;;;4*+2/p-8. The van der Waals surface area contributed by atoms with Gasteiger partial charge < -0.3 is 0 Å². The van der Waals surface area contributed by atoms with E-state index in [9.17, 15) is 0 Å². The van der Waals surface area contributed by atoms with E-state index < -0.39 is 84.2 Å². The minimum absolute atomic E-state index is 0. The summed E-state index contributed by atoms with van der Waals surface area (Å²) in [4.78, 5) is 20.6. The molecule has 644 valence electrons. The van der Waals surface area contributed by atoms with Crippen molar-refractivity contribution in [1.82, 2.24) is 0 Å². The summed E-state index contributed by atoms with van der Waals surface area (Å²) in [5, 5.41) is 0. The van der Waals surface area contributed by atoms with Gasteiger partial charge in [0.15, 0.2) is 0 Å². The Morgan fingerprint density at radius 1 is 0.113 bits per heavy atom. The van der Waals surface area contributed by atoms with Gasteiger partial charge >= 0.3 is 123 Å². The first-order chi connectivity index (χ1) is 58.5. The largest absolute Gasteiger partial charge is 0.0901 e. The van der Waals surface area contributed by atoms with Gasteiger partial charge in [-0.25, -0.2) is 0 Å². The summed E-state index contributed by atoms with van der Waals surface area (Å²) >= 11 is -0.499. The molecule has 0 bridgehead atoms. The van der Waals surface area contributed by atoms with E-state index in [1.807, 2.05) is 97.1 Å². The summed E-state index contributed by atoms with van der Waals surface area (Å²) in [5.41, 5.74) is 0. The Kier molecular flexibility index (Phi) is 70.4. The molecule has 0 saturated heterocycles. The number of benzene rings is 16. The van der Waals surface area contributed by atoms with Gasteiger partial charge in [0.25, 0.3) is 0 Å². The van der Waals surface area contributed by atoms with Gasteiger partial charge in [0, 0.05) is 78.3 Å². The molecular weight excluding hydrogens is 2160 g/mol. The average Bonchev–Trinajstić information content (AvgIpc) is 0.955. The van der Waals surface area contributed by atoms with E-state index in [0.717, 1.165) is 0 Å². The first kappa shape index (κ1) is 114. The summed E-state index contributed by atoms with van der Waals surface area (Å²) in [6.45, 7) is 0. The van der Waals surface area contributed by atoms with Crippen LogP contribution in [0.15, 0.2) is 564 Å². The van der Waals surface area contributed by atoms with Crippen LogP contribution in [0.3, 0.4) is 0 Å². The van der Waals surface area contributed by atoms with Crippen molar-refractivity contribution in [3.8, 4) is 0 Å². The van der Waals surface area contributed by atoms with Crippen LogP contribution >= 0.6 is 94.1 Å². The minimum Gasteiger partial charge on any atom is -0.0901 e. The van der Waals surface area contributed by atoms with Gasteiger partial charge in [0.2, 0.25) is 0 Å². The maximum atomic E-state index is 8.82. The second kappa shape index (κ2) is 76.4. The number of rotatable bonds is 16. The quantitative estimate of drug-likeness (QED) is 0.0332. The van der Waals surface area contributed by atoms with Gasteiger partial charge in [-0.05, 0) is 194 Å². The van der Waals surface area contributed by atoms with Crippen LogP contribution < -0.4 is 0 Å². The Labute approximate surface area is 790 Å². The topological polar surface area (TPSA) is 230 Å². The van der Waals surface area contributed by atoms with Gasteiger partial charge in [-0.2, -0.15) is 0 Å². The maximum Gasteiger partial charge on any atom is 0.0122 e. The first-order valence-corrected chi connectivity index (χ1v) is 56.0. The Bertz CT molecular complexity index is 3950. The second-order valence-electron chi connectivity index (χ2n) is 22.8. The van der Waals surface area contributed by atoms with E-state index in [1.165, 1.54) is 78.3 Å². The molecule has 16 rings (SSSR count). The SMILES string of the molecule is F.F.F.F.[O]=[Sb]([OH])[OH].[O]=[Sb]([OH])[OH].[O]=[Sb]([OH])[OH].[O]=[Sb]([OH])[OH].c1ccc(Sc2ccccc2)cc1.c1ccc(Sc2ccccc2)cc1.c1ccc(Sc2ccccc2)cc1.c1ccc(Sc2ccccc2)cc1.c1ccc(Sc2ccccc2)cc1.c1ccc(Sc2ccccc2)cc1.c1ccc(Sc2ccccc2)cc1.c1ccc(Sc2ccccc2)cc1. The van der Waals surface area contributed by atoms with Gasteiger partial charge in [0.1, 0.15) is 0 Å². The van der Waals surface area contributed by atoms with Gasteiger partial charge in [-0.3, -0.25) is 18.8 Å². The monoisotopic (exact) mass is 2250 g/mol. The fourth-order valence-corrected chi connectivity index (χ4v) is 15.8. The summed E-state index contributed by atoms with van der Waals surface area (Å²) in [6, 6.07) is 166. The summed E-state index contributed by atoms with van der Waals surface area (Å²) in [6.07, 6.45) is 0. The van der Waals surface area contributed by atoms with E-state index in [1.54, 1.807) is 94.1 Å². The molecule has 16 aromatic carbocycles. The first-order valence-electron chi connectivity index (χ1n) is 36.2. The molecule has 0 saturated carbocycles. The molecule has 0 unspecified atom stereocenters. The third-order valence-corrected chi connectivity index (χ3v) is 21.9. The van der Waals surface area contributed by atoms with E-state index in [-0.39, 0.29) is 18.8 Å². The van der Waals surface area contributed by atoms with Crippen LogP contribution in [0.4, 0.5) is 18.8 Å². The van der Waals surface area contributed by atoms with Gasteiger partial charge in [-0.1, -0.05) is 385 Å². The van der Waals surface area contributed by atoms with Crippen LogP contribution in [0.2, 0.25) is 0 Å². The predicted octanol–water partition coefficient (Wildman–Crippen LogP) is 24.9. The third kappa shape index (κ3) is 63.2. The Morgan fingerprint density at radius 2 is 0.153 bits per heavy atom. The summed E-state index contributed by atoms with van der Waals surface area (Å²) in [5.74, 6) is 0. The molecule has 28 heteroatoms. The average molecular weight is 2260 g/mol. The van der Waals surface area contributed by atoms with Crippen molar-refractivity contribution in [2.45, 2.75) is 78.3 Å². The van der Waals surface area contributed by atoms with E-state index in [2.05, 4.69) is 388 Å². The summed E-state index contributed by atoms with van der Waals surface area (Å²) in [7, 11) is 0. The molecule has 0 fully saturated rings. The zero-order chi connectivity index (χ0) is 85.8. The molecule has 0 spiro atoms. The number of hydrogen-bond donors (Lipinski definition) is 8. The van der Waals surface area contributed by atoms with Gasteiger partial charge in [-0.15, -0.1) is 0 Å². The third-order valence-electron chi connectivity index (χ3n) is 13.8. The van der Waals surface area contributed by atoms with Crippen LogP contribution in [0.25, 0.3) is 0 Å². The normalized spacial score (nSPS) is 9.10. The van der Waals surface area contributed by atoms with E-state index >= 15 is 0 Å². The smallest absolute Gasteiger partial charge is 0.0122 e. The van der Waals surface area contributed by atoms with E-state index in [4.69, 9.17) is 39.2 Å². The molecule has 16 aromatic rings. The molecule has 0 aromatic heterocycles. The van der Waals surface area contributed by atoms with Crippen LogP contribution in [0.5, 0.6) is 0 Å². The molecule has 12 nitrogen and oxygen atoms in total. The van der Waals surface area contributed by atoms with Gasteiger partial charge in [0.05, 0.1) is 0 Å². The fourth-order valence-electron chi connectivity index (χ4n) is 8.91. The van der Waals surface area contributed by atoms with Crippen LogP contribution in [0.1, 0.15) is 0 Å².